The van der Waals surface area contributed by atoms with Gasteiger partial charge in [-0.1, -0.05) is 91.5 Å². The Kier molecular flexibility index (Phi) is 11.5. The van der Waals surface area contributed by atoms with Gasteiger partial charge in [0.2, 0.25) is 0 Å². The number of hydrogen-bond acceptors (Lipinski definition) is 7. The van der Waals surface area contributed by atoms with Gasteiger partial charge in [-0.05, 0) is 47.0 Å². The summed E-state index contributed by atoms with van der Waals surface area (Å²) in [5, 5.41) is 12.3. The average Bonchev–Trinajstić information content (AvgIpc) is 3.09. The number of hydrogen-bond donors (Lipinski definition) is 2. The molecule has 5 rings (SSSR count). The van der Waals surface area contributed by atoms with Gasteiger partial charge in [0.25, 0.3) is 0 Å². The molecule has 1 aliphatic rings. The topological polar surface area (TPSA) is 93.2 Å². The molecule has 8 nitrogen and oxygen atoms in total. The molecule has 234 valence electrons. The molecule has 3 atom stereocenters. The van der Waals surface area contributed by atoms with E-state index in [9.17, 15) is 9.90 Å². The van der Waals surface area contributed by atoms with Gasteiger partial charge in [0.05, 0.1) is 18.8 Å². The van der Waals surface area contributed by atoms with Crippen molar-refractivity contribution in [1.82, 2.24) is 15.2 Å². The molecule has 8 heteroatoms. The van der Waals surface area contributed by atoms with E-state index in [4.69, 9.17) is 14.2 Å². The Morgan fingerprint density at radius 2 is 1.78 bits per heavy atom. The summed E-state index contributed by atoms with van der Waals surface area (Å²) in [5.74, 6) is 0. The lowest BCUT2D eigenvalue weighted by atomic mass is 9.97. The summed E-state index contributed by atoms with van der Waals surface area (Å²) >= 11 is 0. The summed E-state index contributed by atoms with van der Waals surface area (Å²) in [6.45, 7) is 5.71. The monoisotopic (exact) mass is 607 g/mol. The van der Waals surface area contributed by atoms with Crippen LogP contribution in [0.2, 0.25) is 0 Å². The van der Waals surface area contributed by atoms with Crippen LogP contribution >= 0.6 is 0 Å². The molecular weight excluding hydrogens is 566 g/mol. The number of nitrogens with one attached hydrogen (secondary N) is 1. The number of carbonyl (C=O) groups excluding carboxylic acids is 1. The minimum absolute atomic E-state index is 0.00612. The van der Waals surface area contributed by atoms with Crippen molar-refractivity contribution < 1.29 is 24.1 Å². The average molecular weight is 608 g/mol. The fourth-order valence-electron chi connectivity index (χ4n) is 5.45. The molecule has 0 radical (unpaired) electrons. The highest BCUT2D eigenvalue weighted by Gasteiger charge is 2.32. The molecule has 0 unspecified atom stereocenters. The molecule has 45 heavy (non-hydrogen) atoms. The predicted octanol–water partition coefficient (Wildman–Crippen LogP) is 6.37. The molecule has 0 aliphatic carbocycles. The Labute approximate surface area is 265 Å². The summed E-state index contributed by atoms with van der Waals surface area (Å²) in [4.78, 5) is 18.7. The first-order valence-electron chi connectivity index (χ1n) is 15.3. The van der Waals surface area contributed by atoms with E-state index in [1.165, 1.54) is 6.08 Å². The summed E-state index contributed by atoms with van der Waals surface area (Å²) in [7, 11) is 2.11. The maximum absolute atomic E-state index is 12.0. The van der Waals surface area contributed by atoms with E-state index >= 15 is 0 Å². The number of alkyl carbamates (subject to hydrolysis) is 1. The van der Waals surface area contributed by atoms with Crippen LogP contribution in [0.3, 0.4) is 0 Å². The molecule has 0 bridgehead atoms. The number of likely N-dealkylation sites (N-methyl/N-ethyl adjacent to an activating group) is 1. The highest BCUT2D eigenvalue weighted by molar-refractivity contribution is 5.70. The van der Waals surface area contributed by atoms with Gasteiger partial charge < -0.3 is 29.5 Å². The van der Waals surface area contributed by atoms with Crippen molar-refractivity contribution in [3.05, 3.63) is 138 Å². The molecule has 1 fully saturated rings. The van der Waals surface area contributed by atoms with Crippen LogP contribution in [0.4, 0.5) is 4.79 Å². The molecule has 0 spiro atoms. The fourth-order valence-corrected chi connectivity index (χ4v) is 5.45. The van der Waals surface area contributed by atoms with Gasteiger partial charge in [0.15, 0.2) is 6.29 Å². The van der Waals surface area contributed by atoms with Crippen LogP contribution in [-0.4, -0.2) is 53.9 Å². The number of pyridine rings is 1. The molecule has 3 aromatic carbocycles. The standard InChI is InChI=1S/C37H41N3O5/c1-3-22-43-37(42)39-24-31-8-4-5-10-34(31)28-15-17-30(18-16-28)36-44-33(25-40(2)21-19-32-9-6-7-20-38-32)23-35(45-36)29-13-11-27(26-41)12-14-29/h3-18,20,33,35-36,41H,1,19,21-26H2,2H3,(H,39,42)/t33-,35+,36+/m1/s1. The van der Waals surface area contributed by atoms with Gasteiger partial charge in [-0.3, -0.25) is 4.98 Å². The second kappa shape index (κ2) is 16.1. The molecular formula is C37H41N3O5. The minimum Gasteiger partial charge on any atom is -0.445 e. The molecule has 1 aliphatic heterocycles. The lowest BCUT2D eigenvalue weighted by molar-refractivity contribution is -0.252. The first-order chi connectivity index (χ1) is 22.0. The maximum Gasteiger partial charge on any atom is 0.407 e. The second-order valence-electron chi connectivity index (χ2n) is 11.2. The van der Waals surface area contributed by atoms with Crippen LogP contribution in [0.1, 0.15) is 46.8 Å². The second-order valence-corrected chi connectivity index (χ2v) is 11.2. The van der Waals surface area contributed by atoms with Crippen molar-refractivity contribution in [3.63, 3.8) is 0 Å². The molecule has 2 N–H and O–H groups in total. The van der Waals surface area contributed by atoms with E-state index in [0.29, 0.717) is 6.54 Å². The lowest BCUT2D eigenvalue weighted by Crippen LogP contribution is -2.38. The van der Waals surface area contributed by atoms with Crippen molar-refractivity contribution in [2.75, 3.05) is 26.7 Å². The first kappa shape index (κ1) is 32.1. The van der Waals surface area contributed by atoms with Crippen LogP contribution in [0.25, 0.3) is 11.1 Å². The summed E-state index contributed by atoms with van der Waals surface area (Å²) in [5.41, 5.74) is 6.95. The van der Waals surface area contributed by atoms with Gasteiger partial charge >= 0.3 is 6.09 Å². The highest BCUT2D eigenvalue weighted by atomic mass is 16.7. The third-order valence-electron chi connectivity index (χ3n) is 7.87. The zero-order valence-electron chi connectivity index (χ0n) is 25.7. The third-order valence-corrected chi connectivity index (χ3v) is 7.87. The number of nitrogens with zero attached hydrogens (tertiary/aromatic N) is 2. The molecule has 0 saturated carbocycles. The minimum atomic E-state index is -0.541. The fraction of sp³-hybridized carbons (Fsp3) is 0.297. The van der Waals surface area contributed by atoms with Crippen molar-refractivity contribution in [2.45, 2.75) is 44.5 Å². The Morgan fingerprint density at radius 3 is 2.51 bits per heavy atom. The van der Waals surface area contributed by atoms with Gasteiger partial charge in [0.1, 0.15) is 6.61 Å². The SMILES string of the molecule is C=CCOC(=O)NCc1ccccc1-c1ccc([C@H]2O[C@@H](CN(C)CCc3ccccn3)C[C@@H](c3ccc(CO)cc3)O2)cc1. The Morgan fingerprint density at radius 1 is 1.02 bits per heavy atom. The Balaban J connectivity index is 1.30. The van der Waals surface area contributed by atoms with Gasteiger partial charge in [0, 0.05) is 49.9 Å². The molecule has 4 aromatic rings. The summed E-state index contributed by atoms with van der Waals surface area (Å²) in [6, 6.07) is 30.1. The van der Waals surface area contributed by atoms with Crippen LogP contribution in [0, 0.1) is 0 Å². The van der Waals surface area contributed by atoms with E-state index < -0.39 is 12.4 Å². The zero-order valence-corrected chi connectivity index (χ0v) is 25.7. The van der Waals surface area contributed by atoms with Gasteiger partial charge in [-0.2, -0.15) is 0 Å². The van der Waals surface area contributed by atoms with E-state index in [1.54, 1.807) is 0 Å². The number of aliphatic hydroxyl groups is 1. The number of aliphatic hydroxyl groups excluding tert-OH is 1. The summed E-state index contributed by atoms with van der Waals surface area (Å²) in [6.07, 6.45) is 3.72. The third kappa shape index (κ3) is 9.09. The Bertz CT molecular complexity index is 1510. The van der Waals surface area contributed by atoms with Gasteiger partial charge in [-0.25, -0.2) is 4.79 Å². The first-order valence-corrected chi connectivity index (χ1v) is 15.3. The van der Waals surface area contributed by atoms with E-state index in [2.05, 4.69) is 47.0 Å². The normalized spacial score (nSPS) is 18.0. The summed E-state index contributed by atoms with van der Waals surface area (Å²) < 4.78 is 18.2. The largest absolute Gasteiger partial charge is 0.445 e. The van der Waals surface area contributed by atoms with Crippen LogP contribution in [-0.2, 0) is 33.8 Å². The lowest BCUT2D eigenvalue weighted by Gasteiger charge is -2.38. The zero-order chi connectivity index (χ0) is 31.4. The number of aromatic nitrogens is 1. The molecule has 1 saturated heterocycles. The number of carbonyl (C=O) groups is 1. The van der Waals surface area contributed by atoms with Crippen molar-refractivity contribution in [3.8, 4) is 11.1 Å². The number of benzene rings is 3. The number of ether oxygens (including phenoxy) is 3. The van der Waals surface area contributed by atoms with Crippen LogP contribution in [0.5, 0.6) is 0 Å². The van der Waals surface area contributed by atoms with Crippen LogP contribution < -0.4 is 5.32 Å². The number of rotatable bonds is 13. The highest BCUT2D eigenvalue weighted by Crippen LogP contribution is 2.38. The van der Waals surface area contributed by atoms with Crippen molar-refractivity contribution in [1.29, 1.82) is 0 Å². The van der Waals surface area contributed by atoms with Crippen molar-refractivity contribution in [2.24, 2.45) is 0 Å². The van der Waals surface area contributed by atoms with E-state index in [1.807, 2.05) is 79.0 Å². The quantitative estimate of drug-likeness (QED) is 0.171. The van der Waals surface area contributed by atoms with E-state index in [-0.39, 0.29) is 25.4 Å². The number of amides is 1. The predicted molar refractivity (Wildman–Crippen MR) is 174 cm³/mol. The smallest absolute Gasteiger partial charge is 0.407 e. The molecule has 1 aromatic heterocycles. The van der Waals surface area contributed by atoms with E-state index in [0.717, 1.165) is 65.0 Å². The Hall–Kier alpha value is -4.34. The molecule has 1 amide bonds. The maximum atomic E-state index is 12.0. The van der Waals surface area contributed by atoms with Gasteiger partial charge in [-0.15, -0.1) is 0 Å². The van der Waals surface area contributed by atoms with Crippen LogP contribution in [0.15, 0.2) is 110 Å². The van der Waals surface area contributed by atoms with Crippen molar-refractivity contribution >= 4 is 6.09 Å². The molecule has 2 heterocycles.